The Hall–Kier alpha value is -2.57. The number of hydrogen-bond acceptors (Lipinski definition) is 5. The number of β-amino-alcohol motifs (C(OH)–C–C–N with tert-alkyl or cyclic N) is 1. The second-order valence-corrected chi connectivity index (χ2v) is 9.15. The summed E-state index contributed by atoms with van der Waals surface area (Å²) in [4.78, 5) is 4.25. The van der Waals surface area contributed by atoms with Gasteiger partial charge in [0.15, 0.2) is 0 Å². The summed E-state index contributed by atoms with van der Waals surface area (Å²) in [6.45, 7) is 2.84. The number of halogens is 1. The molecule has 0 saturated heterocycles. The second-order valence-electron chi connectivity index (χ2n) is 8.71. The van der Waals surface area contributed by atoms with Gasteiger partial charge in [0.25, 0.3) is 0 Å². The fourth-order valence-corrected chi connectivity index (χ4v) is 5.08. The molecule has 0 bridgehead atoms. The molecule has 1 aliphatic heterocycles. The quantitative estimate of drug-likeness (QED) is 0.382. The molecule has 180 valence electrons. The first kappa shape index (κ1) is 24.6. The summed E-state index contributed by atoms with van der Waals surface area (Å²) in [7, 11) is 0. The van der Waals surface area contributed by atoms with Gasteiger partial charge in [-0.3, -0.25) is 0 Å². The molecule has 0 aromatic heterocycles. The number of benzene rings is 3. The zero-order chi connectivity index (χ0) is 23.9. The predicted molar refractivity (Wildman–Crippen MR) is 139 cm³/mol. The van der Waals surface area contributed by atoms with Crippen molar-refractivity contribution < 1.29 is 15.3 Å². The van der Waals surface area contributed by atoms with E-state index in [9.17, 15) is 15.3 Å². The van der Waals surface area contributed by atoms with Crippen molar-refractivity contribution in [3.05, 3.63) is 94.0 Å². The predicted octanol–water partition coefficient (Wildman–Crippen LogP) is 4.06. The molecular weight excluding hydrogens is 448 g/mol. The van der Waals surface area contributed by atoms with Gasteiger partial charge in [-0.05, 0) is 65.4 Å². The molecule has 0 saturated carbocycles. The SMILES string of the molecule is OCCN(CCO)c1ccc(C(c2ccc(Cl)cc2)c2ccc3c(c2)CCCN3CCO)cc1. The van der Waals surface area contributed by atoms with Crippen molar-refractivity contribution in [1.82, 2.24) is 0 Å². The Balaban J connectivity index is 1.72. The molecule has 1 unspecified atom stereocenters. The third-order valence-corrected chi connectivity index (χ3v) is 6.81. The van der Waals surface area contributed by atoms with Gasteiger partial charge in [-0.1, -0.05) is 48.0 Å². The molecule has 3 aromatic rings. The summed E-state index contributed by atoms with van der Waals surface area (Å²) in [6, 6.07) is 23.1. The van der Waals surface area contributed by atoms with Crippen LogP contribution in [0.5, 0.6) is 0 Å². The summed E-state index contributed by atoms with van der Waals surface area (Å²) in [6.07, 6.45) is 2.12. The highest BCUT2D eigenvalue weighted by Gasteiger charge is 2.22. The molecular formula is C28H33ClN2O3. The second kappa shape index (κ2) is 11.7. The molecule has 0 amide bonds. The zero-order valence-corrected chi connectivity index (χ0v) is 20.2. The lowest BCUT2D eigenvalue weighted by Gasteiger charge is -2.32. The Kier molecular flexibility index (Phi) is 8.46. The van der Waals surface area contributed by atoms with E-state index in [0.717, 1.165) is 25.1 Å². The molecule has 1 aliphatic rings. The van der Waals surface area contributed by atoms with E-state index in [1.165, 1.54) is 27.9 Å². The van der Waals surface area contributed by atoms with E-state index >= 15 is 0 Å². The Bertz CT molecular complexity index is 1050. The largest absolute Gasteiger partial charge is 0.395 e. The lowest BCUT2D eigenvalue weighted by molar-refractivity contribution is 0.281. The van der Waals surface area contributed by atoms with Crippen LogP contribution in [0.1, 0.15) is 34.6 Å². The maximum absolute atomic E-state index is 9.45. The van der Waals surface area contributed by atoms with E-state index in [1.807, 2.05) is 17.0 Å². The van der Waals surface area contributed by atoms with Crippen molar-refractivity contribution in [2.24, 2.45) is 0 Å². The Labute approximate surface area is 206 Å². The van der Waals surface area contributed by atoms with Gasteiger partial charge >= 0.3 is 0 Å². The van der Waals surface area contributed by atoms with Crippen LogP contribution in [0.4, 0.5) is 11.4 Å². The summed E-state index contributed by atoms with van der Waals surface area (Å²) >= 11 is 6.19. The smallest absolute Gasteiger partial charge is 0.0606 e. The number of anilines is 2. The first-order valence-corrected chi connectivity index (χ1v) is 12.3. The van der Waals surface area contributed by atoms with Gasteiger partial charge in [-0.25, -0.2) is 0 Å². The first-order valence-electron chi connectivity index (χ1n) is 12.0. The highest BCUT2D eigenvalue weighted by atomic mass is 35.5. The molecule has 0 spiro atoms. The van der Waals surface area contributed by atoms with Crippen LogP contribution in [0.3, 0.4) is 0 Å². The molecule has 6 heteroatoms. The topological polar surface area (TPSA) is 67.2 Å². The molecule has 5 nitrogen and oxygen atoms in total. The summed E-state index contributed by atoms with van der Waals surface area (Å²) in [5.74, 6) is 0.0500. The highest BCUT2D eigenvalue weighted by Crippen LogP contribution is 2.37. The monoisotopic (exact) mass is 480 g/mol. The molecule has 0 aliphatic carbocycles. The van der Waals surface area contributed by atoms with Crippen LogP contribution < -0.4 is 9.80 Å². The van der Waals surface area contributed by atoms with E-state index in [0.29, 0.717) is 24.7 Å². The third kappa shape index (κ3) is 5.56. The lowest BCUT2D eigenvalue weighted by Crippen LogP contribution is -2.32. The van der Waals surface area contributed by atoms with Crippen LogP contribution in [0.15, 0.2) is 66.7 Å². The summed E-state index contributed by atoms with van der Waals surface area (Å²) < 4.78 is 0. The maximum atomic E-state index is 9.45. The minimum absolute atomic E-state index is 0.0393. The molecule has 0 fully saturated rings. The number of aliphatic hydroxyl groups excluding tert-OH is 3. The van der Waals surface area contributed by atoms with Crippen LogP contribution in [-0.2, 0) is 6.42 Å². The van der Waals surface area contributed by atoms with Crippen LogP contribution in [0.25, 0.3) is 0 Å². The Morgan fingerprint density at radius 3 is 2.03 bits per heavy atom. The van der Waals surface area contributed by atoms with Crippen molar-refractivity contribution in [1.29, 1.82) is 0 Å². The minimum Gasteiger partial charge on any atom is -0.395 e. The number of aryl methyl sites for hydroxylation is 1. The fourth-order valence-electron chi connectivity index (χ4n) is 4.95. The van der Waals surface area contributed by atoms with Crippen molar-refractivity contribution in [2.75, 3.05) is 55.8 Å². The van der Waals surface area contributed by atoms with Crippen molar-refractivity contribution >= 4 is 23.0 Å². The van der Waals surface area contributed by atoms with Crippen LogP contribution in [0.2, 0.25) is 5.02 Å². The van der Waals surface area contributed by atoms with Gasteiger partial charge < -0.3 is 25.1 Å². The van der Waals surface area contributed by atoms with E-state index in [2.05, 4.69) is 59.5 Å². The van der Waals surface area contributed by atoms with Crippen LogP contribution >= 0.6 is 11.6 Å². The molecule has 1 atom stereocenters. The van der Waals surface area contributed by atoms with Crippen molar-refractivity contribution in [3.63, 3.8) is 0 Å². The molecule has 3 N–H and O–H groups in total. The van der Waals surface area contributed by atoms with Crippen LogP contribution in [-0.4, -0.2) is 61.3 Å². The lowest BCUT2D eigenvalue weighted by atomic mass is 9.83. The average molecular weight is 481 g/mol. The maximum Gasteiger partial charge on any atom is 0.0606 e. The van der Waals surface area contributed by atoms with Gasteiger partial charge in [0.2, 0.25) is 0 Å². The van der Waals surface area contributed by atoms with Gasteiger partial charge in [0.1, 0.15) is 0 Å². The normalized spacial score (nSPS) is 14.1. The van der Waals surface area contributed by atoms with Gasteiger partial charge in [0, 0.05) is 48.5 Å². The molecule has 34 heavy (non-hydrogen) atoms. The third-order valence-electron chi connectivity index (χ3n) is 6.56. The number of hydrogen-bond donors (Lipinski definition) is 3. The number of aliphatic hydroxyl groups is 3. The van der Waals surface area contributed by atoms with Crippen molar-refractivity contribution in [2.45, 2.75) is 18.8 Å². The van der Waals surface area contributed by atoms with Gasteiger partial charge in [0.05, 0.1) is 19.8 Å². The number of fused-ring (bicyclic) bond motifs is 1. The first-order chi connectivity index (χ1) is 16.6. The van der Waals surface area contributed by atoms with Gasteiger partial charge in [-0.2, -0.15) is 0 Å². The highest BCUT2D eigenvalue weighted by molar-refractivity contribution is 6.30. The fraction of sp³-hybridized carbons (Fsp3) is 0.357. The molecule has 4 rings (SSSR count). The average Bonchev–Trinajstić information content (AvgIpc) is 2.86. The van der Waals surface area contributed by atoms with Gasteiger partial charge in [-0.15, -0.1) is 0 Å². The van der Waals surface area contributed by atoms with E-state index in [1.54, 1.807) is 0 Å². The van der Waals surface area contributed by atoms with Crippen molar-refractivity contribution in [3.8, 4) is 0 Å². The Morgan fingerprint density at radius 1 is 0.794 bits per heavy atom. The minimum atomic E-state index is 0.0393. The molecule has 1 heterocycles. The summed E-state index contributed by atoms with van der Waals surface area (Å²) in [5, 5.41) is 28.9. The Morgan fingerprint density at radius 2 is 1.41 bits per heavy atom. The standard InChI is InChI=1S/C28H33ClN2O3/c29-25-8-3-21(4-9-25)28(22-5-10-26(11-6-22)30(14-17-32)15-18-33)24-7-12-27-23(20-24)2-1-13-31(27)16-19-34/h3-12,20,28,32-34H,1-2,13-19H2. The molecule has 3 aromatic carbocycles. The summed E-state index contributed by atoms with van der Waals surface area (Å²) in [5.41, 5.74) is 7.08. The van der Waals surface area contributed by atoms with E-state index < -0.39 is 0 Å². The van der Waals surface area contributed by atoms with Crippen LogP contribution in [0, 0.1) is 0 Å². The zero-order valence-electron chi connectivity index (χ0n) is 19.4. The molecule has 0 radical (unpaired) electrons. The van der Waals surface area contributed by atoms with E-state index in [-0.39, 0.29) is 25.7 Å². The van der Waals surface area contributed by atoms with E-state index in [4.69, 9.17) is 11.6 Å². The number of rotatable bonds is 10. The number of nitrogens with zero attached hydrogens (tertiary/aromatic N) is 2.